The minimum Gasteiger partial charge on any atom is -0.376 e. The molecule has 2 aromatic heterocycles. The van der Waals surface area contributed by atoms with Gasteiger partial charge in [0.2, 0.25) is 5.95 Å². The molecule has 1 fully saturated rings. The number of fused-ring (bicyclic) bond motifs is 1. The second-order valence-corrected chi connectivity index (χ2v) is 6.42. The summed E-state index contributed by atoms with van der Waals surface area (Å²) in [4.78, 5) is 11.5. The third kappa shape index (κ3) is 3.27. The van der Waals surface area contributed by atoms with Crippen LogP contribution in [0.5, 0.6) is 0 Å². The summed E-state index contributed by atoms with van der Waals surface area (Å²) in [5.74, 6) is 1.58. The topological polar surface area (TPSA) is 59.1 Å². The molecule has 21 heavy (non-hydrogen) atoms. The summed E-state index contributed by atoms with van der Waals surface area (Å²) in [6.45, 7) is 3.86. The number of rotatable bonds is 5. The van der Waals surface area contributed by atoms with Gasteiger partial charge in [-0.2, -0.15) is 4.98 Å². The van der Waals surface area contributed by atoms with Gasteiger partial charge in [-0.25, -0.2) is 4.98 Å². The highest BCUT2D eigenvalue weighted by atomic mass is 32.1. The molecule has 5 nitrogen and oxygen atoms in total. The molecule has 6 heteroatoms. The van der Waals surface area contributed by atoms with Crippen molar-refractivity contribution in [1.29, 1.82) is 0 Å². The highest BCUT2D eigenvalue weighted by Gasteiger charge is 2.16. The molecule has 1 aliphatic heterocycles. The van der Waals surface area contributed by atoms with Crippen molar-refractivity contribution in [3.63, 3.8) is 0 Å². The fraction of sp³-hybridized carbons (Fsp3) is 0.600. The largest absolute Gasteiger partial charge is 0.376 e. The molecular formula is C15H22N4OS. The highest BCUT2D eigenvalue weighted by molar-refractivity contribution is 7.18. The number of anilines is 2. The van der Waals surface area contributed by atoms with Crippen LogP contribution >= 0.6 is 11.3 Å². The van der Waals surface area contributed by atoms with E-state index in [1.165, 1.54) is 17.7 Å². The third-order valence-electron chi connectivity index (χ3n) is 3.79. The molecule has 0 radical (unpaired) electrons. The number of thiophene rings is 1. The van der Waals surface area contributed by atoms with Gasteiger partial charge in [0.15, 0.2) is 0 Å². The maximum atomic E-state index is 5.78. The molecule has 1 saturated heterocycles. The minimum atomic E-state index is 0.297. The number of hydrogen-bond acceptors (Lipinski definition) is 6. The van der Waals surface area contributed by atoms with Crippen molar-refractivity contribution < 1.29 is 4.74 Å². The molecule has 0 saturated carbocycles. The fourth-order valence-electron chi connectivity index (χ4n) is 2.57. The summed E-state index contributed by atoms with van der Waals surface area (Å²) in [5.41, 5.74) is 0. The van der Waals surface area contributed by atoms with Crippen LogP contribution in [0.1, 0.15) is 31.1 Å². The summed E-state index contributed by atoms with van der Waals surface area (Å²) in [7, 11) is 1.85. The first kappa shape index (κ1) is 14.5. The molecule has 1 aliphatic rings. The maximum Gasteiger partial charge on any atom is 0.225 e. The molecule has 3 rings (SSSR count). The summed E-state index contributed by atoms with van der Waals surface area (Å²) in [5, 5.41) is 7.62. The van der Waals surface area contributed by atoms with Crippen molar-refractivity contribution in [3.05, 3.63) is 10.9 Å². The molecule has 3 heterocycles. The minimum absolute atomic E-state index is 0.297. The Labute approximate surface area is 129 Å². The van der Waals surface area contributed by atoms with Crippen molar-refractivity contribution >= 4 is 33.3 Å². The second kappa shape index (κ2) is 6.58. The zero-order chi connectivity index (χ0) is 14.7. The fourth-order valence-corrected chi connectivity index (χ4v) is 3.54. The number of aryl methyl sites for hydroxylation is 1. The van der Waals surface area contributed by atoms with E-state index in [1.807, 2.05) is 7.05 Å². The predicted octanol–water partition coefficient (Wildman–Crippen LogP) is 3.28. The Balaban J connectivity index is 1.82. The Kier molecular flexibility index (Phi) is 4.55. The first-order valence-corrected chi connectivity index (χ1v) is 8.45. The summed E-state index contributed by atoms with van der Waals surface area (Å²) in [6, 6.07) is 2.20. The molecule has 1 unspecified atom stereocenters. The second-order valence-electron chi connectivity index (χ2n) is 5.30. The average molecular weight is 306 g/mol. The molecule has 2 N–H and O–H groups in total. The lowest BCUT2D eigenvalue weighted by Crippen LogP contribution is -2.27. The van der Waals surface area contributed by atoms with Crippen LogP contribution in [0.15, 0.2) is 6.07 Å². The molecule has 0 bridgehead atoms. The summed E-state index contributed by atoms with van der Waals surface area (Å²) >= 11 is 1.74. The number of nitrogens with one attached hydrogen (secondary N) is 2. The van der Waals surface area contributed by atoms with Gasteiger partial charge in [0.25, 0.3) is 0 Å². The Morgan fingerprint density at radius 1 is 1.38 bits per heavy atom. The SMILES string of the molecule is CCc1cc2c(NCC3CCCCO3)nc(NC)nc2s1. The maximum absolute atomic E-state index is 5.78. The Hall–Kier alpha value is -1.40. The van der Waals surface area contributed by atoms with Crippen LogP contribution in [0.25, 0.3) is 10.2 Å². The van der Waals surface area contributed by atoms with Crippen molar-refractivity contribution in [1.82, 2.24) is 9.97 Å². The van der Waals surface area contributed by atoms with Gasteiger partial charge in [0.05, 0.1) is 11.5 Å². The zero-order valence-electron chi connectivity index (χ0n) is 12.6. The van der Waals surface area contributed by atoms with E-state index in [9.17, 15) is 0 Å². The van der Waals surface area contributed by atoms with Gasteiger partial charge in [-0.1, -0.05) is 6.92 Å². The van der Waals surface area contributed by atoms with Crippen LogP contribution in [-0.2, 0) is 11.2 Å². The van der Waals surface area contributed by atoms with Crippen LogP contribution in [0.4, 0.5) is 11.8 Å². The smallest absolute Gasteiger partial charge is 0.225 e. The summed E-state index contributed by atoms with van der Waals surface area (Å²) in [6.07, 6.45) is 4.89. The number of hydrogen-bond donors (Lipinski definition) is 2. The molecule has 0 amide bonds. The van der Waals surface area contributed by atoms with Crippen LogP contribution in [0.3, 0.4) is 0 Å². The lowest BCUT2D eigenvalue weighted by molar-refractivity contribution is 0.0247. The van der Waals surface area contributed by atoms with E-state index in [-0.39, 0.29) is 0 Å². The quantitative estimate of drug-likeness (QED) is 0.888. The van der Waals surface area contributed by atoms with Gasteiger partial charge in [-0.15, -0.1) is 11.3 Å². The average Bonchev–Trinajstić information content (AvgIpc) is 2.96. The van der Waals surface area contributed by atoms with E-state index < -0.39 is 0 Å². The lowest BCUT2D eigenvalue weighted by Gasteiger charge is -2.23. The molecule has 0 aliphatic carbocycles. The van der Waals surface area contributed by atoms with E-state index in [1.54, 1.807) is 11.3 Å². The Bertz CT molecular complexity index is 607. The van der Waals surface area contributed by atoms with Gasteiger partial charge in [0, 0.05) is 25.1 Å². The standard InChI is InChI=1S/C15H22N4OS/c1-3-11-8-12-13(17-9-10-6-4-5-7-20-10)18-15(16-2)19-14(12)21-11/h8,10H,3-7,9H2,1-2H3,(H2,16,17,18,19). The number of ether oxygens (including phenoxy) is 1. The molecule has 1 atom stereocenters. The normalized spacial score (nSPS) is 18.9. The molecule has 114 valence electrons. The third-order valence-corrected chi connectivity index (χ3v) is 4.96. The molecular weight excluding hydrogens is 284 g/mol. The van der Waals surface area contributed by atoms with Crippen LogP contribution in [-0.4, -0.2) is 36.3 Å². The van der Waals surface area contributed by atoms with Crippen LogP contribution in [0, 0.1) is 0 Å². The first-order chi connectivity index (χ1) is 10.3. The molecule has 2 aromatic rings. The van der Waals surface area contributed by atoms with Gasteiger partial charge < -0.3 is 15.4 Å². The first-order valence-electron chi connectivity index (χ1n) is 7.64. The predicted molar refractivity (Wildman–Crippen MR) is 88.4 cm³/mol. The Morgan fingerprint density at radius 2 is 2.29 bits per heavy atom. The van der Waals surface area contributed by atoms with E-state index in [0.29, 0.717) is 12.1 Å². The van der Waals surface area contributed by atoms with E-state index >= 15 is 0 Å². The van der Waals surface area contributed by atoms with Gasteiger partial charge in [-0.05, 0) is 31.7 Å². The summed E-state index contributed by atoms with van der Waals surface area (Å²) < 4.78 is 5.78. The van der Waals surface area contributed by atoms with Gasteiger partial charge in [0.1, 0.15) is 10.6 Å². The lowest BCUT2D eigenvalue weighted by atomic mass is 10.1. The van der Waals surface area contributed by atoms with Crippen molar-refractivity contribution in [2.45, 2.75) is 38.7 Å². The molecule has 0 aromatic carbocycles. The van der Waals surface area contributed by atoms with Gasteiger partial charge >= 0.3 is 0 Å². The van der Waals surface area contributed by atoms with E-state index in [4.69, 9.17) is 4.74 Å². The molecule has 0 spiro atoms. The van der Waals surface area contributed by atoms with Gasteiger partial charge in [-0.3, -0.25) is 0 Å². The van der Waals surface area contributed by atoms with E-state index in [0.717, 1.165) is 42.0 Å². The van der Waals surface area contributed by atoms with Crippen LogP contribution < -0.4 is 10.6 Å². The van der Waals surface area contributed by atoms with Crippen LogP contribution in [0.2, 0.25) is 0 Å². The highest BCUT2D eigenvalue weighted by Crippen LogP contribution is 2.30. The monoisotopic (exact) mass is 306 g/mol. The number of nitrogens with zero attached hydrogens (tertiary/aromatic N) is 2. The van der Waals surface area contributed by atoms with E-state index in [2.05, 4.69) is 33.6 Å². The van der Waals surface area contributed by atoms with Crippen molar-refractivity contribution in [2.24, 2.45) is 0 Å². The van der Waals surface area contributed by atoms with Crippen molar-refractivity contribution in [3.8, 4) is 0 Å². The zero-order valence-corrected chi connectivity index (χ0v) is 13.4. The number of aromatic nitrogens is 2. The van der Waals surface area contributed by atoms with Crippen molar-refractivity contribution in [2.75, 3.05) is 30.8 Å². The Morgan fingerprint density at radius 3 is 3.00 bits per heavy atom.